The lowest BCUT2D eigenvalue weighted by Gasteiger charge is -2.32. The van der Waals surface area contributed by atoms with Gasteiger partial charge in [0.1, 0.15) is 0 Å². The molecule has 2 fully saturated rings. The highest BCUT2D eigenvalue weighted by Crippen LogP contribution is 2.38. The highest BCUT2D eigenvalue weighted by molar-refractivity contribution is 5.02. The molecule has 1 saturated carbocycles. The van der Waals surface area contributed by atoms with Crippen LogP contribution in [0.3, 0.4) is 0 Å². The lowest BCUT2D eigenvalue weighted by molar-refractivity contribution is 0.109. The van der Waals surface area contributed by atoms with E-state index < -0.39 is 0 Å². The molecule has 1 aromatic heterocycles. The Bertz CT molecular complexity index is 443. The van der Waals surface area contributed by atoms with Gasteiger partial charge in [0.15, 0.2) is 5.82 Å². The van der Waals surface area contributed by atoms with Gasteiger partial charge in [0.05, 0.1) is 18.7 Å². The Morgan fingerprint density at radius 1 is 1.25 bits per heavy atom. The van der Waals surface area contributed by atoms with Gasteiger partial charge in [0.25, 0.3) is 0 Å². The standard InChI is InChI=1S/C14H25N5O/c1-10(2)8-18-12(9-20)6-7-13(18)14-15-16-17-19(14)11-4-3-5-11/h10-13,20H,3-9H2,1-2H3/t12-,13-/m0/s1. The summed E-state index contributed by atoms with van der Waals surface area (Å²) in [4.78, 5) is 2.41. The van der Waals surface area contributed by atoms with Crippen molar-refractivity contribution < 1.29 is 5.11 Å². The predicted octanol–water partition coefficient (Wildman–Crippen LogP) is 1.55. The molecule has 1 saturated heterocycles. The molecule has 1 aliphatic heterocycles. The number of nitrogens with zero attached hydrogens (tertiary/aromatic N) is 5. The molecule has 2 aliphatic rings. The van der Waals surface area contributed by atoms with Gasteiger partial charge in [-0.1, -0.05) is 13.8 Å². The van der Waals surface area contributed by atoms with Crippen LogP contribution in [0.2, 0.25) is 0 Å². The Morgan fingerprint density at radius 2 is 2.05 bits per heavy atom. The van der Waals surface area contributed by atoms with Crippen LogP contribution in [-0.4, -0.2) is 49.4 Å². The highest BCUT2D eigenvalue weighted by Gasteiger charge is 2.38. The smallest absolute Gasteiger partial charge is 0.168 e. The molecule has 112 valence electrons. The van der Waals surface area contributed by atoms with Gasteiger partial charge >= 0.3 is 0 Å². The number of hydrogen-bond acceptors (Lipinski definition) is 5. The van der Waals surface area contributed by atoms with E-state index in [1.807, 2.05) is 4.68 Å². The molecule has 6 heteroatoms. The first-order valence-electron chi connectivity index (χ1n) is 7.85. The van der Waals surface area contributed by atoms with Crippen LogP contribution in [0.5, 0.6) is 0 Å². The molecule has 1 N–H and O–H groups in total. The van der Waals surface area contributed by atoms with Crippen molar-refractivity contribution in [3.05, 3.63) is 5.82 Å². The molecule has 0 amide bonds. The molecular formula is C14H25N5O. The zero-order valence-corrected chi connectivity index (χ0v) is 12.4. The lowest BCUT2D eigenvalue weighted by Crippen LogP contribution is -2.38. The second kappa shape index (κ2) is 5.77. The third kappa shape index (κ3) is 2.46. The molecule has 20 heavy (non-hydrogen) atoms. The third-order valence-corrected chi connectivity index (χ3v) is 4.67. The summed E-state index contributed by atoms with van der Waals surface area (Å²) in [5.41, 5.74) is 0. The van der Waals surface area contributed by atoms with Crippen molar-refractivity contribution in [3.63, 3.8) is 0 Å². The number of hydrogen-bond donors (Lipinski definition) is 1. The molecular weight excluding hydrogens is 254 g/mol. The van der Waals surface area contributed by atoms with Crippen LogP contribution in [0, 0.1) is 5.92 Å². The summed E-state index contributed by atoms with van der Waals surface area (Å²) in [6.45, 7) is 5.67. The van der Waals surface area contributed by atoms with E-state index in [1.54, 1.807) is 0 Å². The number of aliphatic hydroxyl groups is 1. The van der Waals surface area contributed by atoms with Gasteiger partial charge in [-0.3, -0.25) is 4.90 Å². The number of tetrazole rings is 1. The summed E-state index contributed by atoms with van der Waals surface area (Å²) in [6, 6.07) is 1.02. The number of aliphatic hydroxyl groups excluding tert-OH is 1. The monoisotopic (exact) mass is 279 g/mol. The van der Waals surface area contributed by atoms with Gasteiger partial charge in [-0.05, 0) is 48.4 Å². The number of rotatable bonds is 5. The van der Waals surface area contributed by atoms with Gasteiger partial charge in [-0.25, -0.2) is 4.68 Å². The maximum absolute atomic E-state index is 9.60. The normalized spacial score (nSPS) is 28.2. The Balaban J connectivity index is 1.82. The third-order valence-electron chi connectivity index (χ3n) is 4.67. The summed E-state index contributed by atoms with van der Waals surface area (Å²) >= 11 is 0. The fourth-order valence-electron chi connectivity index (χ4n) is 3.42. The Morgan fingerprint density at radius 3 is 2.65 bits per heavy atom. The van der Waals surface area contributed by atoms with Gasteiger partial charge in [0.2, 0.25) is 0 Å². The first kappa shape index (κ1) is 13.9. The molecule has 0 bridgehead atoms. The lowest BCUT2D eigenvalue weighted by atomic mass is 9.93. The van der Waals surface area contributed by atoms with Crippen molar-refractivity contribution in [1.29, 1.82) is 0 Å². The zero-order chi connectivity index (χ0) is 14.1. The van der Waals surface area contributed by atoms with Gasteiger partial charge in [-0.2, -0.15) is 0 Å². The minimum Gasteiger partial charge on any atom is -0.395 e. The number of aromatic nitrogens is 4. The Kier molecular flexibility index (Phi) is 4.03. The first-order chi connectivity index (χ1) is 9.70. The van der Waals surface area contributed by atoms with E-state index in [-0.39, 0.29) is 18.7 Å². The maximum atomic E-state index is 9.60. The molecule has 3 rings (SSSR count). The summed E-state index contributed by atoms with van der Waals surface area (Å²) < 4.78 is 2.04. The van der Waals surface area contributed by atoms with Crippen LogP contribution in [0.15, 0.2) is 0 Å². The van der Waals surface area contributed by atoms with Crippen molar-refractivity contribution in [3.8, 4) is 0 Å². The van der Waals surface area contributed by atoms with Gasteiger partial charge < -0.3 is 5.11 Å². The SMILES string of the molecule is CC(C)CN1[C@H](CO)CC[C@H]1c1nnnn1C1CCC1. The Labute approximate surface area is 120 Å². The second-order valence-corrected chi connectivity index (χ2v) is 6.59. The molecule has 6 nitrogen and oxygen atoms in total. The van der Waals surface area contributed by atoms with Gasteiger partial charge in [-0.15, -0.1) is 5.10 Å². The minimum atomic E-state index is 0.230. The highest BCUT2D eigenvalue weighted by atomic mass is 16.3. The van der Waals surface area contributed by atoms with Crippen molar-refractivity contribution in [2.24, 2.45) is 5.92 Å². The molecule has 0 radical (unpaired) electrons. The first-order valence-corrected chi connectivity index (χ1v) is 7.85. The molecule has 0 unspecified atom stereocenters. The van der Waals surface area contributed by atoms with Crippen molar-refractivity contribution >= 4 is 0 Å². The topological polar surface area (TPSA) is 67.1 Å². The van der Waals surface area contributed by atoms with Crippen molar-refractivity contribution in [2.75, 3.05) is 13.2 Å². The predicted molar refractivity (Wildman–Crippen MR) is 75.1 cm³/mol. The molecule has 1 aliphatic carbocycles. The van der Waals surface area contributed by atoms with Crippen LogP contribution >= 0.6 is 0 Å². The molecule has 2 atom stereocenters. The van der Waals surface area contributed by atoms with E-state index >= 15 is 0 Å². The van der Waals surface area contributed by atoms with E-state index in [2.05, 4.69) is 34.3 Å². The van der Waals surface area contributed by atoms with Crippen molar-refractivity contribution in [1.82, 2.24) is 25.1 Å². The van der Waals surface area contributed by atoms with Crippen LogP contribution < -0.4 is 0 Å². The summed E-state index contributed by atoms with van der Waals surface area (Å²) in [6.07, 6.45) is 5.75. The molecule has 0 aromatic carbocycles. The molecule has 2 heterocycles. The minimum absolute atomic E-state index is 0.230. The zero-order valence-electron chi connectivity index (χ0n) is 12.4. The average Bonchev–Trinajstić information content (AvgIpc) is 2.93. The largest absolute Gasteiger partial charge is 0.395 e. The fourth-order valence-corrected chi connectivity index (χ4v) is 3.42. The molecule has 0 spiro atoms. The summed E-state index contributed by atoms with van der Waals surface area (Å²) in [5.74, 6) is 1.59. The van der Waals surface area contributed by atoms with Crippen LogP contribution in [0.1, 0.15) is 63.9 Å². The summed E-state index contributed by atoms with van der Waals surface area (Å²) in [5, 5.41) is 22.0. The van der Waals surface area contributed by atoms with Crippen LogP contribution in [-0.2, 0) is 0 Å². The van der Waals surface area contributed by atoms with E-state index in [9.17, 15) is 5.11 Å². The average molecular weight is 279 g/mol. The quantitative estimate of drug-likeness (QED) is 0.886. The molecule has 1 aromatic rings. The van der Waals surface area contributed by atoms with E-state index in [4.69, 9.17) is 0 Å². The van der Waals surface area contributed by atoms with E-state index in [1.165, 1.54) is 19.3 Å². The van der Waals surface area contributed by atoms with E-state index in [0.717, 1.165) is 25.2 Å². The number of likely N-dealkylation sites (tertiary alicyclic amines) is 1. The second-order valence-electron chi connectivity index (χ2n) is 6.59. The van der Waals surface area contributed by atoms with Crippen molar-refractivity contribution in [2.45, 2.75) is 64.1 Å². The Hall–Kier alpha value is -1.01. The van der Waals surface area contributed by atoms with Crippen LogP contribution in [0.4, 0.5) is 0 Å². The van der Waals surface area contributed by atoms with Crippen LogP contribution in [0.25, 0.3) is 0 Å². The van der Waals surface area contributed by atoms with Gasteiger partial charge in [0, 0.05) is 12.6 Å². The maximum Gasteiger partial charge on any atom is 0.168 e. The summed E-state index contributed by atoms with van der Waals surface area (Å²) in [7, 11) is 0. The van der Waals surface area contributed by atoms with E-state index in [0.29, 0.717) is 12.0 Å². The fraction of sp³-hybridized carbons (Fsp3) is 0.929.